The number of hydrogen-bond acceptors (Lipinski definition) is 10. The molecule has 3 aliphatic heterocycles. The first-order valence-corrected chi connectivity index (χ1v) is 15.8. The lowest BCUT2D eigenvalue weighted by atomic mass is 9.77. The van der Waals surface area contributed by atoms with Crippen molar-refractivity contribution < 1.29 is 43.5 Å². The monoisotopic (exact) mass is 621 g/mol. The van der Waals surface area contributed by atoms with Gasteiger partial charge in [0.25, 0.3) is 0 Å². The maximum absolute atomic E-state index is 14.1. The zero-order valence-electron chi connectivity index (χ0n) is 26.3. The lowest BCUT2D eigenvalue weighted by Crippen LogP contribution is -2.49. The normalized spacial score (nSPS) is 24.9. The van der Waals surface area contributed by atoms with Crippen molar-refractivity contribution in [2.75, 3.05) is 27.0 Å². The van der Waals surface area contributed by atoms with Crippen molar-refractivity contribution in [3.05, 3.63) is 71.0 Å². The summed E-state index contributed by atoms with van der Waals surface area (Å²) in [5.74, 6) is -0.104. The van der Waals surface area contributed by atoms with Gasteiger partial charge in [-0.05, 0) is 93.8 Å². The molecule has 4 atom stereocenters. The molecule has 0 amide bonds. The van der Waals surface area contributed by atoms with Gasteiger partial charge < -0.3 is 33.9 Å². The maximum atomic E-state index is 14.1. The Hall–Kier alpha value is -3.60. The number of ether oxygens (including phenoxy) is 5. The Balaban J connectivity index is 1.29. The highest BCUT2D eigenvalue weighted by Crippen LogP contribution is 2.55. The van der Waals surface area contributed by atoms with Gasteiger partial charge in [-0.15, -0.1) is 0 Å². The van der Waals surface area contributed by atoms with Gasteiger partial charge in [0.2, 0.25) is 6.79 Å². The molecule has 3 heterocycles. The van der Waals surface area contributed by atoms with Gasteiger partial charge in [-0.25, -0.2) is 4.79 Å². The molecule has 45 heavy (non-hydrogen) atoms. The molecule has 1 spiro atoms. The van der Waals surface area contributed by atoms with Crippen molar-refractivity contribution in [1.29, 1.82) is 0 Å². The number of aliphatic hydroxyl groups is 2. The van der Waals surface area contributed by atoms with Gasteiger partial charge in [0.05, 0.1) is 30.6 Å². The third-order valence-electron chi connectivity index (χ3n) is 9.64. The third-order valence-corrected chi connectivity index (χ3v) is 9.64. The molecule has 2 N–H and O–H groups in total. The molecule has 1 saturated heterocycles. The molecule has 242 valence electrons. The summed E-state index contributed by atoms with van der Waals surface area (Å²) in [7, 11) is 1.56. The minimum atomic E-state index is -2.18. The molecule has 0 bridgehead atoms. The third kappa shape index (κ3) is 6.28. The van der Waals surface area contributed by atoms with E-state index in [0.717, 1.165) is 49.0 Å². The largest absolute Gasteiger partial charge is 0.497 e. The van der Waals surface area contributed by atoms with E-state index < -0.39 is 41.2 Å². The number of methoxy groups -OCH3 is 1. The van der Waals surface area contributed by atoms with E-state index in [2.05, 4.69) is 11.0 Å². The summed E-state index contributed by atoms with van der Waals surface area (Å²) in [5, 5.41) is 22.2. The summed E-state index contributed by atoms with van der Waals surface area (Å²) < 4.78 is 29.0. The minimum absolute atomic E-state index is 0.0149. The lowest BCUT2D eigenvalue weighted by Gasteiger charge is -2.39. The number of carbonyl (C=O) groups excluding carboxylic acids is 2. The number of hydrogen-bond donors (Lipinski definition) is 2. The predicted molar refractivity (Wildman–Crippen MR) is 163 cm³/mol. The van der Waals surface area contributed by atoms with Crippen LogP contribution in [0.4, 0.5) is 0 Å². The molecule has 4 aliphatic rings. The van der Waals surface area contributed by atoms with Crippen LogP contribution in [-0.2, 0) is 36.8 Å². The van der Waals surface area contributed by atoms with Crippen LogP contribution in [-0.4, -0.2) is 76.9 Å². The predicted octanol–water partition coefficient (Wildman–Crippen LogP) is 4.15. The van der Waals surface area contributed by atoms with Crippen LogP contribution in [0.1, 0.15) is 75.0 Å². The summed E-state index contributed by atoms with van der Waals surface area (Å²) in [6.45, 7) is 5.22. The molecule has 1 fully saturated rings. The molecule has 0 radical (unpaired) electrons. The second-order valence-corrected chi connectivity index (χ2v) is 13.3. The summed E-state index contributed by atoms with van der Waals surface area (Å²) in [4.78, 5) is 29.6. The van der Waals surface area contributed by atoms with E-state index in [9.17, 15) is 19.8 Å². The zero-order chi connectivity index (χ0) is 31.8. The molecule has 0 saturated carbocycles. The molecule has 3 unspecified atom stereocenters. The van der Waals surface area contributed by atoms with Gasteiger partial charge in [-0.2, -0.15) is 0 Å². The van der Waals surface area contributed by atoms with Gasteiger partial charge in [-0.3, -0.25) is 9.69 Å². The number of nitrogens with zero attached hydrogens (tertiary/aromatic N) is 1. The Morgan fingerprint density at radius 2 is 1.82 bits per heavy atom. The SMILES string of the molecule is COC1=CC23CCCN2CCc2cc4c(cc2[C@@H]3C1OC(=O)C(O)(CCCC(C)(C)O)CC(=O)OCc1ccccc1)OCO4. The molecule has 2 aromatic rings. The fourth-order valence-corrected chi connectivity index (χ4v) is 7.42. The summed E-state index contributed by atoms with van der Waals surface area (Å²) >= 11 is 0. The second kappa shape index (κ2) is 12.3. The van der Waals surface area contributed by atoms with Gasteiger partial charge in [0, 0.05) is 6.54 Å². The minimum Gasteiger partial charge on any atom is -0.497 e. The number of carbonyl (C=O) groups is 2. The van der Waals surface area contributed by atoms with Crippen LogP contribution in [0.25, 0.3) is 0 Å². The number of benzene rings is 2. The van der Waals surface area contributed by atoms with Gasteiger partial charge >= 0.3 is 11.9 Å². The summed E-state index contributed by atoms with van der Waals surface area (Å²) in [5.41, 5.74) is -0.745. The van der Waals surface area contributed by atoms with Crippen LogP contribution < -0.4 is 9.47 Å². The van der Waals surface area contributed by atoms with Crippen LogP contribution in [0.3, 0.4) is 0 Å². The van der Waals surface area contributed by atoms with E-state index in [1.165, 1.54) is 0 Å². The fraction of sp³-hybridized carbons (Fsp3) is 0.543. The van der Waals surface area contributed by atoms with E-state index >= 15 is 0 Å². The van der Waals surface area contributed by atoms with Crippen molar-refractivity contribution in [2.45, 2.75) is 94.2 Å². The average molecular weight is 622 g/mol. The van der Waals surface area contributed by atoms with Crippen molar-refractivity contribution >= 4 is 11.9 Å². The summed E-state index contributed by atoms with van der Waals surface area (Å²) in [6.07, 6.45) is 3.81. The smallest absolute Gasteiger partial charge is 0.339 e. The van der Waals surface area contributed by atoms with Crippen molar-refractivity contribution in [1.82, 2.24) is 4.90 Å². The summed E-state index contributed by atoms with van der Waals surface area (Å²) in [6, 6.07) is 13.2. The zero-order valence-corrected chi connectivity index (χ0v) is 26.3. The van der Waals surface area contributed by atoms with Crippen LogP contribution in [0.2, 0.25) is 0 Å². The van der Waals surface area contributed by atoms with Crippen molar-refractivity contribution in [3.63, 3.8) is 0 Å². The number of fused-ring (bicyclic) bond motifs is 3. The first kappa shape index (κ1) is 31.4. The highest BCUT2D eigenvalue weighted by atomic mass is 16.7. The van der Waals surface area contributed by atoms with E-state index in [1.54, 1.807) is 21.0 Å². The first-order chi connectivity index (χ1) is 21.5. The van der Waals surface area contributed by atoms with Gasteiger partial charge in [0.15, 0.2) is 23.2 Å². The quantitative estimate of drug-likeness (QED) is 0.354. The van der Waals surface area contributed by atoms with Crippen LogP contribution >= 0.6 is 0 Å². The molecule has 10 nitrogen and oxygen atoms in total. The Labute approximate surface area is 263 Å². The van der Waals surface area contributed by atoms with Crippen LogP contribution in [0.15, 0.2) is 54.3 Å². The Morgan fingerprint density at radius 1 is 1.07 bits per heavy atom. The number of esters is 2. The molecule has 1 aliphatic carbocycles. The maximum Gasteiger partial charge on any atom is 0.339 e. The fourth-order valence-electron chi connectivity index (χ4n) is 7.42. The molecular weight excluding hydrogens is 578 g/mol. The molecule has 6 rings (SSSR count). The van der Waals surface area contributed by atoms with Gasteiger partial charge in [-0.1, -0.05) is 30.3 Å². The van der Waals surface area contributed by atoms with E-state index in [1.807, 2.05) is 42.5 Å². The van der Waals surface area contributed by atoms with E-state index in [0.29, 0.717) is 23.7 Å². The average Bonchev–Trinajstić information content (AvgIpc) is 3.69. The Bertz CT molecular complexity index is 1450. The van der Waals surface area contributed by atoms with E-state index in [-0.39, 0.29) is 32.2 Å². The highest BCUT2D eigenvalue weighted by Gasteiger charge is 2.59. The molecular formula is C35H43NO9. The second-order valence-electron chi connectivity index (χ2n) is 13.3. The van der Waals surface area contributed by atoms with Crippen molar-refractivity contribution in [3.8, 4) is 11.5 Å². The van der Waals surface area contributed by atoms with Gasteiger partial charge in [0.1, 0.15) is 12.4 Å². The van der Waals surface area contributed by atoms with Crippen LogP contribution in [0, 0.1) is 0 Å². The Morgan fingerprint density at radius 3 is 2.56 bits per heavy atom. The first-order valence-electron chi connectivity index (χ1n) is 15.8. The molecule has 0 aromatic heterocycles. The topological polar surface area (TPSA) is 124 Å². The lowest BCUT2D eigenvalue weighted by molar-refractivity contribution is -0.179. The number of rotatable bonds is 11. The molecule has 10 heteroatoms. The van der Waals surface area contributed by atoms with E-state index in [4.69, 9.17) is 23.7 Å². The standard InChI is InChI=1S/C35H43NO9/c1-33(2,39)12-7-14-35(40,20-29(37)42-21-23-9-5-4-6-10-23)32(38)45-31-28(41-3)19-34-13-8-15-36(34)16-11-24-17-26-27(44-22-43-26)18-25(24)30(31)34/h4-6,9-10,17-19,30-31,39-40H,7-8,11-16,20-22H2,1-3H3/t30-,31?,34?,35?/m1/s1. The van der Waals surface area contributed by atoms with Crippen molar-refractivity contribution in [2.24, 2.45) is 0 Å². The highest BCUT2D eigenvalue weighted by molar-refractivity contribution is 5.86. The Kier molecular flexibility index (Phi) is 8.58. The molecule has 2 aromatic carbocycles. The van der Waals surface area contributed by atoms with Crippen LogP contribution in [0.5, 0.6) is 11.5 Å².